The summed E-state index contributed by atoms with van der Waals surface area (Å²) in [6.45, 7) is 2.43. The van der Waals surface area contributed by atoms with Gasteiger partial charge in [-0.05, 0) is 56.2 Å². The number of hydrogen-bond donors (Lipinski definition) is 3. The van der Waals surface area contributed by atoms with Gasteiger partial charge in [-0.3, -0.25) is 9.59 Å². The average Bonchev–Trinajstić information content (AvgIpc) is 3.22. The zero-order valence-corrected chi connectivity index (χ0v) is 20.1. The highest BCUT2D eigenvalue weighted by Crippen LogP contribution is 2.33. The molecule has 2 heterocycles. The molecule has 1 fully saturated rings. The quantitative estimate of drug-likeness (QED) is 0.416. The number of rotatable bonds is 7. The fourth-order valence-electron chi connectivity index (χ4n) is 4.22. The molecule has 3 aromatic rings. The molecule has 0 radical (unpaired) electrons. The van der Waals surface area contributed by atoms with Crippen molar-refractivity contribution in [1.82, 2.24) is 14.7 Å². The van der Waals surface area contributed by atoms with E-state index in [1.807, 2.05) is 0 Å². The third-order valence-electron chi connectivity index (χ3n) is 6.01. The molecule has 2 unspecified atom stereocenters. The number of aliphatic hydroxyl groups is 1. The molecule has 0 saturated carbocycles. The number of ether oxygens (including phenoxy) is 1. The molecule has 1 aliphatic rings. The van der Waals surface area contributed by atoms with Crippen LogP contribution in [0.15, 0.2) is 54.6 Å². The minimum absolute atomic E-state index is 0.0516. The number of nitrogens with two attached hydrogens (primary N) is 2. The monoisotopic (exact) mass is 511 g/mol. The first-order valence-corrected chi connectivity index (χ1v) is 11.7. The van der Waals surface area contributed by atoms with Gasteiger partial charge in [0.15, 0.2) is 11.6 Å². The van der Waals surface area contributed by atoms with E-state index in [0.717, 1.165) is 12.1 Å². The number of aromatic nitrogens is 2. The lowest BCUT2D eigenvalue weighted by Crippen LogP contribution is -2.40. The summed E-state index contributed by atoms with van der Waals surface area (Å²) in [7, 11) is 0. The minimum atomic E-state index is -0.840. The van der Waals surface area contributed by atoms with E-state index >= 15 is 0 Å². The van der Waals surface area contributed by atoms with Crippen LogP contribution < -0.4 is 16.2 Å². The number of halogens is 2. The average molecular weight is 512 g/mol. The van der Waals surface area contributed by atoms with Crippen molar-refractivity contribution < 1.29 is 28.2 Å². The maximum Gasteiger partial charge on any atom is 0.254 e. The van der Waals surface area contributed by atoms with E-state index in [1.165, 1.54) is 22.9 Å². The van der Waals surface area contributed by atoms with E-state index in [1.54, 1.807) is 36.1 Å². The van der Waals surface area contributed by atoms with Crippen molar-refractivity contribution in [2.75, 3.05) is 18.8 Å². The smallest absolute Gasteiger partial charge is 0.254 e. The molecule has 2 amide bonds. The van der Waals surface area contributed by atoms with E-state index in [0.29, 0.717) is 31.5 Å². The van der Waals surface area contributed by atoms with E-state index < -0.39 is 23.6 Å². The molecule has 2 atom stereocenters. The third-order valence-corrected chi connectivity index (χ3v) is 6.01. The van der Waals surface area contributed by atoms with Gasteiger partial charge in [-0.15, -0.1) is 0 Å². The first kappa shape index (κ1) is 25.8. The van der Waals surface area contributed by atoms with Crippen LogP contribution in [0, 0.1) is 11.6 Å². The molecular weight excluding hydrogens is 484 g/mol. The summed E-state index contributed by atoms with van der Waals surface area (Å²) in [6, 6.07) is 9.05. The first-order chi connectivity index (χ1) is 17.6. The molecule has 1 aromatic heterocycles. The second kappa shape index (κ2) is 10.8. The lowest BCUT2D eigenvalue weighted by atomic mass is 10.1. The molecule has 4 rings (SSSR count). The lowest BCUT2D eigenvalue weighted by molar-refractivity contribution is -0.127. The zero-order chi connectivity index (χ0) is 26.7. The summed E-state index contributed by atoms with van der Waals surface area (Å²) >= 11 is 0. The maximum atomic E-state index is 13.9. The topological polar surface area (TPSA) is 137 Å². The number of anilines is 1. The van der Waals surface area contributed by atoms with E-state index in [4.69, 9.17) is 16.2 Å². The summed E-state index contributed by atoms with van der Waals surface area (Å²) in [5, 5.41) is 14.0. The molecule has 5 N–H and O–H groups in total. The third kappa shape index (κ3) is 5.78. The largest absolute Gasteiger partial charge is 0.454 e. The molecular formula is C26H27F2N5O4. The van der Waals surface area contributed by atoms with E-state index in [-0.39, 0.29) is 40.5 Å². The summed E-state index contributed by atoms with van der Waals surface area (Å²) in [5.74, 6) is -2.30. The Kier molecular flexibility index (Phi) is 7.53. The second-order valence-electron chi connectivity index (χ2n) is 8.80. The number of primary amides is 1. The van der Waals surface area contributed by atoms with Crippen LogP contribution >= 0.6 is 0 Å². The van der Waals surface area contributed by atoms with Crippen molar-refractivity contribution in [3.63, 3.8) is 0 Å². The number of nitrogens with zero attached hydrogens (tertiary/aromatic N) is 3. The molecule has 11 heteroatoms. The highest BCUT2D eigenvalue weighted by Gasteiger charge is 2.29. The Balaban J connectivity index is 1.59. The normalized spacial score (nSPS) is 16.6. The summed E-state index contributed by atoms with van der Waals surface area (Å²) < 4.78 is 34.1. The van der Waals surface area contributed by atoms with Crippen LogP contribution in [-0.4, -0.2) is 50.8 Å². The van der Waals surface area contributed by atoms with Crippen molar-refractivity contribution in [3.8, 4) is 22.8 Å². The van der Waals surface area contributed by atoms with Crippen molar-refractivity contribution >= 4 is 17.6 Å². The Labute approximate surface area is 211 Å². The Hall–Kier alpha value is -4.25. The number of nitrogen functional groups attached to an aromatic ring is 1. The molecule has 0 bridgehead atoms. The van der Waals surface area contributed by atoms with Gasteiger partial charge < -0.3 is 26.2 Å². The van der Waals surface area contributed by atoms with Crippen molar-refractivity contribution in [2.45, 2.75) is 31.9 Å². The molecule has 0 aliphatic carbocycles. The van der Waals surface area contributed by atoms with Crippen LogP contribution in [0.25, 0.3) is 11.3 Å². The van der Waals surface area contributed by atoms with Crippen LogP contribution in [0.3, 0.4) is 0 Å². The maximum absolute atomic E-state index is 13.9. The van der Waals surface area contributed by atoms with Crippen molar-refractivity contribution in [2.24, 2.45) is 5.73 Å². The van der Waals surface area contributed by atoms with Gasteiger partial charge in [0.1, 0.15) is 28.6 Å². The molecule has 37 heavy (non-hydrogen) atoms. The Bertz CT molecular complexity index is 1340. The number of aliphatic hydroxyl groups excluding tert-OH is 1. The molecule has 0 spiro atoms. The molecule has 2 aromatic carbocycles. The number of amides is 2. The highest BCUT2D eigenvalue weighted by molar-refractivity contribution is 6.03. The summed E-state index contributed by atoms with van der Waals surface area (Å²) in [6.07, 6.45) is 3.39. The van der Waals surface area contributed by atoms with Crippen LogP contribution in [-0.2, 0) is 4.79 Å². The van der Waals surface area contributed by atoms with Crippen LogP contribution in [0.4, 0.5) is 14.6 Å². The Morgan fingerprint density at radius 1 is 1.22 bits per heavy atom. The predicted molar refractivity (Wildman–Crippen MR) is 133 cm³/mol. The fraction of sp³-hybridized carbons (Fsp3) is 0.269. The molecule has 1 saturated heterocycles. The number of carbonyl (C=O) groups is 2. The fourth-order valence-corrected chi connectivity index (χ4v) is 4.22. The van der Waals surface area contributed by atoms with Crippen molar-refractivity contribution in [3.05, 3.63) is 71.8 Å². The SMILES string of the molecule is CC(O)C=CC(=O)N1CCCC(n2nc(-c3ccc(Oc4ccc(F)cc4F)cc3)c(C(N)=O)c2N)C1. The number of hydrogen-bond acceptors (Lipinski definition) is 6. The number of carbonyl (C=O) groups excluding carboxylic acids is 2. The van der Waals surface area contributed by atoms with E-state index in [9.17, 15) is 23.5 Å². The van der Waals surface area contributed by atoms with Gasteiger partial charge in [-0.2, -0.15) is 5.10 Å². The lowest BCUT2D eigenvalue weighted by Gasteiger charge is -2.32. The molecule has 9 nitrogen and oxygen atoms in total. The second-order valence-corrected chi connectivity index (χ2v) is 8.80. The minimum Gasteiger partial charge on any atom is -0.454 e. The number of benzene rings is 2. The molecule has 194 valence electrons. The van der Waals surface area contributed by atoms with Crippen LogP contribution in [0.1, 0.15) is 36.2 Å². The van der Waals surface area contributed by atoms with Gasteiger partial charge in [0.05, 0.1) is 12.1 Å². The zero-order valence-electron chi connectivity index (χ0n) is 20.1. The van der Waals surface area contributed by atoms with Gasteiger partial charge in [-0.1, -0.05) is 6.08 Å². The standard InChI is InChI=1S/C26H27F2N5O4/c1-15(34)4-11-22(35)32-12-2-3-18(14-32)33-25(29)23(26(30)36)24(31-33)16-5-8-19(9-6-16)37-21-10-7-17(27)13-20(21)28/h4-11,13,15,18,34H,2-3,12,14,29H2,1H3,(H2,30,36). The number of piperidine rings is 1. The summed E-state index contributed by atoms with van der Waals surface area (Å²) in [5.41, 5.74) is 12.8. The van der Waals surface area contributed by atoms with Crippen molar-refractivity contribution in [1.29, 1.82) is 0 Å². The van der Waals surface area contributed by atoms with Gasteiger partial charge in [0, 0.05) is 30.8 Å². The Morgan fingerprint density at radius 2 is 1.95 bits per heavy atom. The van der Waals surface area contributed by atoms with Gasteiger partial charge in [0.2, 0.25) is 5.91 Å². The van der Waals surface area contributed by atoms with E-state index in [2.05, 4.69) is 5.10 Å². The molecule has 1 aliphatic heterocycles. The predicted octanol–water partition coefficient (Wildman–Crippen LogP) is 3.40. The summed E-state index contributed by atoms with van der Waals surface area (Å²) in [4.78, 5) is 26.4. The van der Waals surface area contributed by atoms with Crippen LogP contribution in [0.2, 0.25) is 0 Å². The van der Waals surface area contributed by atoms with Gasteiger partial charge in [-0.25, -0.2) is 13.5 Å². The van der Waals surface area contributed by atoms with Gasteiger partial charge >= 0.3 is 0 Å². The van der Waals surface area contributed by atoms with Crippen LogP contribution in [0.5, 0.6) is 11.5 Å². The highest BCUT2D eigenvalue weighted by atomic mass is 19.1. The first-order valence-electron chi connectivity index (χ1n) is 11.7. The van der Waals surface area contributed by atoms with Gasteiger partial charge in [0.25, 0.3) is 5.91 Å². The Morgan fingerprint density at radius 3 is 2.59 bits per heavy atom. The number of likely N-dealkylation sites (tertiary alicyclic amines) is 1.